The van der Waals surface area contributed by atoms with E-state index in [9.17, 15) is 4.79 Å². The van der Waals surface area contributed by atoms with Crippen molar-refractivity contribution < 1.29 is 4.79 Å². The lowest BCUT2D eigenvalue weighted by molar-refractivity contribution is -0.118. The van der Waals surface area contributed by atoms with Crippen molar-refractivity contribution in [2.75, 3.05) is 5.73 Å². The second kappa shape index (κ2) is 3.85. The highest BCUT2D eigenvalue weighted by Crippen LogP contribution is 2.28. The molecule has 3 heteroatoms. The first-order chi connectivity index (χ1) is 7.16. The van der Waals surface area contributed by atoms with Crippen molar-refractivity contribution in [1.82, 2.24) is 4.98 Å². The molecule has 78 valence electrons. The van der Waals surface area contributed by atoms with Crippen LogP contribution in [0.5, 0.6) is 0 Å². The van der Waals surface area contributed by atoms with Gasteiger partial charge in [0.2, 0.25) is 0 Å². The minimum Gasteiger partial charge on any atom is -0.383 e. The van der Waals surface area contributed by atoms with E-state index in [1.165, 1.54) is 0 Å². The van der Waals surface area contributed by atoms with Gasteiger partial charge in [-0.1, -0.05) is 6.08 Å². The molecule has 0 amide bonds. The van der Waals surface area contributed by atoms with E-state index in [0.717, 1.165) is 23.1 Å². The van der Waals surface area contributed by atoms with Gasteiger partial charge in [-0.2, -0.15) is 0 Å². The third kappa shape index (κ3) is 2.06. The van der Waals surface area contributed by atoms with Gasteiger partial charge in [-0.05, 0) is 30.5 Å². The van der Waals surface area contributed by atoms with Gasteiger partial charge in [-0.3, -0.25) is 4.79 Å². The van der Waals surface area contributed by atoms with E-state index in [1.807, 2.05) is 19.1 Å². The zero-order chi connectivity index (χ0) is 10.8. The highest BCUT2D eigenvalue weighted by Gasteiger charge is 2.14. The Balaban J connectivity index is 2.37. The average molecular weight is 202 g/mol. The number of rotatable bonds is 1. The maximum absolute atomic E-state index is 11.1. The molecule has 1 aliphatic rings. The van der Waals surface area contributed by atoms with Gasteiger partial charge < -0.3 is 5.73 Å². The van der Waals surface area contributed by atoms with Gasteiger partial charge in [-0.15, -0.1) is 0 Å². The van der Waals surface area contributed by atoms with Crippen LogP contribution >= 0.6 is 0 Å². The first-order valence-electron chi connectivity index (χ1n) is 5.10. The summed E-state index contributed by atoms with van der Waals surface area (Å²) in [6.45, 7) is 1.99. The fourth-order valence-electron chi connectivity index (χ4n) is 1.80. The number of ketones is 1. The first-order valence-corrected chi connectivity index (χ1v) is 5.10. The van der Waals surface area contributed by atoms with E-state index in [2.05, 4.69) is 4.98 Å². The first kappa shape index (κ1) is 9.90. The summed E-state index contributed by atoms with van der Waals surface area (Å²) >= 11 is 0. The van der Waals surface area contributed by atoms with E-state index >= 15 is 0 Å². The predicted octanol–water partition coefficient (Wildman–Crippen LogP) is 2.11. The van der Waals surface area contributed by atoms with Gasteiger partial charge in [0, 0.05) is 24.6 Å². The maximum atomic E-state index is 11.1. The Morgan fingerprint density at radius 3 is 2.87 bits per heavy atom. The Morgan fingerprint density at radius 2 is 2.20 bits per heavy atom. The van der Waals surface area contributed by atoms with Crippen LogP contribution in [0.15, 0.2) is 18.3 Å². The fourth-order valence-corrected chi connectivity index (χ4v) is 1.80. The van der Waals surface area contributed by atoms with Gasteiger partial charge in [-0.25, -0.2) is 4.98 Å². The highest BCUT2D eigenvalue weighted by atomic mass is 16.1. The van der Waals surface area contributed by atoms with Gasteiger partial charge in [0.1, 0.15) is 11.6 Å². The van der Waals surface area contributed by atoms with Crippen LogP contribution < -0.4 is 5.73 Å². The number of hydrogen-bond acceptors (Lipinski definition) is 3. The van der Waals surface area contributed by atoms with Crippen LogP contribution in [0.1, 0.15) is 30.4 Å². The number of aryl methyl sites for hydroxylation is 1. The normalized spacial score (nSPS) is 16.3. The van der Waals surface area contributed by atoms with Gasteiger partial charge >= 0.3 is 0 Å². The molecule has 0 radical (unpaired) electrons. The van der Waals surface area contributed by atoms with E-state index in [1.54, 1.807) is 6.20 Å². The van der Waals surface area contributed by atoms with Crippen molar-refractivity contribution in [1.29, 1.82) is 0 Å². The van der Waals surface area contributed by atoms with Crippen molar-refractivity contribution in [3.63, 3.8) is 0 Å². The molecule has 0 aromatic carbocycles. The molecule has 1 heterocycles. The third-order valence-corrected chi connectivity index (χ3v) is 2.65. The third-order valence-electron chi connectivity index (χ3n) is 2.65. The van der Waals surface area contributed by atoms with Crippen molar-refractivity contribution in [2.24, 2.45) is 0 Å². The monoisotopic (exact) mass is 202 g/mol. The second-order valence-electron chi connectivity index (χ2n) is 3.92. The van der Waals surface area contributed by atoms with Crippen LogP contribution in [0.4, 0.5) is 5.82 Å². The zero-order valence-electron chi connectivity index (χ0n) is 8.79. The lowest BCUT2D eigenvalue weighted by Crippen LogP contribution is -2.05. The number of nitrogen functional groups attached to an aromatic ring is 1. The standard InChI is InChI=1S/C12H14N2O/c1-8-6-11(12(13)14-7-8)9-2-4-10(15)5-3-9/h2,6-7H,3-5H2,1H3,(H2,13,14). The quantitative estimate of drug-likeness (QED) is 0.758. The number of allylic oxidation sites excluding steroid dienone is 2. The Morgan fingerprint density at radius 1 is 1.40 bits per heavy atom. The molecule has 0 spiro atoms. The minimum atomic E-state index is 0.304. The molecule has 0 bridgehead atoms. The van der Waals surface area contributed by atoms with E-state index < -0.39 is 0 Å². The number of carbonyl (C=O) groups excluding carboxylic acids is 1. The predicted molar refractivity (Wildman–Crippen MR) is 60.2 cm³/mol. The Bertz CT molecular complexity index is 435. The molecule has 2 N–H and O–H groups in total. The zero-order valence-corrected chi connectivity index (χ0v) is 8.79. The summed E-state index contributed by atoms with van der Waals surface area (Å²) in [6, 6.07) is 2.03. The highest BCUT2D eigenvalue weighted by molar-refractivity contribution is 5.88. The van der Waals surface area contributed by atoms with Gasteiger partial charge in [0.25, 0.3) is 0 Å². The molecular formula is C12H14N2O. The van der Waals surface area contributed by atoms with Crippen molar-refractivity contribution in [3.05, 3.63) is 29.5 Å². The number of Topliss-reactive ketones (excluding diaryl/α,β-unsaturated/α-hetero) is 1. The van der Waals surface area contributed by atoms with Crippen LogP contribution in [0.3, 0.4) is 0 Å². The molecule has 0 fully saturated rings. The van der Waals surface area contributed by atoms with E-state index in [-0.39, 0.29) is 0 Å². The molecule has 2 rings (SSSR count). The number of carbonyl (C=O) groups is 1. The summed E-state index contributed by atoms with van der Waals surface area (Å²) in [5, 5.41) is 0. The number of nitrogens with two attached hydrogens (primary N) is 1. The molecule has 1 aliphatic carbocycles. The SMILES string of the molecule is Cc1cnc(N)c(C2=CCC(=O)CC2)c1. The lowest BCUT2D eigenvalue weighted by atomic mass is 9.93. The molecule has 0 saturated carbocycles. The van der Waals surface area contributed by atoms with Crippen molar-refractivity contribution in [3.8, 4) is 0 Å². The largest absolute Gasteiger partial charge is 0.383 e. The Labute approximate surface area is 89.0 Å². The molecule has 3 nitrogen and oxygen atoms in total. The summed E-state index contributed by atoms with van der Waals surface area (Å²) in [6.07, 6.45) is 5.67. The topological polar surface area (TPSA) is 56.0 Å². The van der Waals surface area contributed by atoms with Crippen LogP contribution in [-0.2, 0) is 4.79 Å². The van der Waals surface area contributed by atoms with Gasteiger partial charge in [0.15, 0.2) is 0 Å². The van der Waals surface area contributed by atoms with Crippen LogP contribution in [0.25, 0.3) is 5.57 Å². The molecule has 1 aromatic heterocycles. The molecule has 0 unspecified atom stereocenters. The van der Waals surface area contributed by atoms with Crippen molar-refractivity contribution >= 4 is 17.2 Å². The molecular weight excluding hydrogens is 188 g/mol. The summed E-state index contributed by atoms with van der Waals surface area (Å²) in [5.41, 5.74) is 9.06. The van der Waals surface area contributed by atoms with Crippen LogP contribution in [0.2, 0.25) is 0 Å². The smallest absolute Gasteiger partial charge is 0.137 e. The van der Waals surface area contributed by atoms with Crippen molar-refractivity contribution in [2.45, 2.75) is 26.2 Å². The van der Waals surface area contributed by atoms with E-state index in [0.29, 0.717) is 24.4 Å². The van der Waals surface area contributed by atoms with Gasteiger partial charge in [0.05, 0.1) is 0 Å². The van der Waals surface area contributed by atoms with E-state index in [4.69, 9.17) is 5.73 Å². The molecule has 0 atom stereocenters. The molecule has 0 aliphatic heterocycles. The number of aromatic nitrogens is 1. The Hall–Kier alpha value is -1.64. The number of anilines is 1. The van der Waals surface area contributed by atoms with Crippen LogP contribution in [-0.4, -0.2) is 10.8 Å². The summed E-state index contributed by atoms with van der Waals surface area (Å²) in [4.78, 5) is 15.2. The van der Waals surface area contributed by atoms with Crippen LogP contribution in [0, 0.1) is 6.92 Å². The lowest BCUT2D eigenvalue weighted by Gasteiger charge is -2.14. The number of hydrogen-bond donors (Lipinski definition) is 1. The molecule has 15 heavy (non-hydrogen) atoms. The average Bonchev–Trinajstić information content (AvgIpc) is 2.23. The second-order valence-corrected chi connectivity index (χ2v) is 3.92. The molecule has 0 saturated heterocycles. The summed E-state index contributed by atoms with van der Waals surface area (Å²) in [7, 11) is 0. The summed E-state index contributed by atoms with van der Waals surface area (Å²) < 4.78 is 0. The number of nitrogens with zero attached hydrogens (tertiary/aromatic N) is 1. The minimum absolute atomic E-state index is 0.304. The maximum Gasteiger partial charge on any atom is 0.137 e. The summed E-state index contributed by atoms with van der Waals surface area (Å²) in [5.74, 6) is 0.860. The molecule has 1 aromatic rings. The Kier molecular flexibility index (Phi) is 2.54. The number of pyridine rings is 1. The fraction of sp³-hybridized carbons (Fsp3) is 0.333.